The molecule has 2 aromatic rings. The van der Waals surface area contributed by atoms with E-state index in [0.717, 1.165) is 11.1 Å². The zero-order valence-corrected chi connectivity index (χ0v) is 11.8. The number of benzene rings is 1. The Bertz CT molecular complexity index is 563. The third-order valence-corrected chi connectivity index (χ3v) is 2.12. The van der Waals surface area contributed by atoms with Gasteiger partial charge in [0, 0.05) is 18.0 Å². The Hall–Kier alpha value is -1.88. The topological polar surface area (TPSA) is 95.8 Å². The van der Waals surface area contributed by atoms with Crippen LogP contribution in [-0.2, 0) is 0 Å². The standard InChI is InChI=1S/C11H8N4O.CH3I/c12-4-8-2-1-7(3-10(8)16)9-5-14-11(13)15-6-9;1-2/h1-3,5-6,16H,(H2,13,14,15);1H3. The zero-order valence-electron chi connectivity index (χ0n) is 9.63. The number of phenolic OH excluding ortho intramolecular Hbond substituents is 1. The van der Waals surface area contributed by atoms with E-state index in [1.807, 2.05) is 11.0 Å². The molecule has 2 rings (SSSR count). The Kier molecular flexibility index (Phi) is 5.32. The number of hydrogen-bond donors (Lipinski definition) is 2. The van der Waals surface area contributed by atoms with Crippen LogP contribution in [0.15, 0.2) is 30.6 Å². The quantitative estimate of drug-likeness (QED) is 0.605. The molecule has 18 heavy (non-hydrogen) atoms. The zero-order chi connectivity index (χ0) is 13.5. The van der Waals surface area contributed by atoms with Gasteiger partial charge in [-0.1, -0.05) is 28.7 Å². The highest BCUT2D eigenvalue weighted by atomic mass is 127. The fourth-order valence-corrected chi connectivity index (χ4v) is 1.29. The smallest absolute Gasteiger partial charge is 0.219 e. The Balaban J connectivity index is 0.000000771. The molecule has 0 radical (unpaired) electrons. The molecule has 0 atom stereocenters. The van der Waals surface area contributed by atoms with Crippen LogP contribution in [0, 0.1) is 11.3 Å². The normalized spacial score (nSPS) is 8.94. The first kappa shape index (κ1) is 14.2. The van der Waals surface area contributed by atoms with Crippen molar-refractivity contribution in [2.24, 2.45) is 0 Å². The number of nitrogen functional groups attached to an aromatic ring is 1. The third kappa shape index (κ3) is 3.30. The lowest BCUT2D eigenvalue weighted by molar-refractivity contribution is 0.474. The summed E-state index contributed by atoms with van der Waals surface area (Å²) in [6.07, 6.45) is 3.12. The Labute approximate surface area is 118 Å². The van der Waals surface area contributed by atoms with Crippen molar-refractivity contribution in [1.29, 1.82) is 5.26 Å². The molecule has 6 heteroatoms. The van der Waals surface area contributed by atoms with E-state index in [1.54, 1.807) is 24.5 Å². The molecule has 0 saturated carbocycles. The first-order valence-electron chi connectivity index (χ1n) is 4.89. The lowest BCUT2D eigenvalue weighted by Gasteiger charge is -2.02. The highest BCUT2D eigenvalue weighted by Crippen LogP contribution is 2.25. The van der Waals surface area contributed by atoms with Crippen LogP contribution in [-0.4, -0.2) is 20.0 Å². The van der Waals surface area contributed by atoms with Gasteiger partial charge in [0.05, 0.1) is 5.56 Å². The van der Waals surface area contributed by atoms with Gasteiger partial charge in [-0.05, 0) is 22.6 Å². The van der Waals surface area contributed by atoms with E-state index in [-0.39, 0.29) is 17.3 Å². The Morgan fingerprint density at radius 2 is 1.83 bits per heavy atom. The molecule has 0 bridgehead atoms. The predicted octanol–water partition coefficient (Wildman–Crippen LogP) is 2.35. The van der Waals surface area contributed by atoms with Crippen LogP contribution in [0.4, 0.5) is 5.95 Å². The number of nitrogens with two attached hydrogens (primary N) is 1. The molecule has 0 unspecified atom stereocenters. The van der Waals surface area contributed by atoms with Crippen LogP contribution in [0.1, 0.15) is 5.56 Å². The summed E-state index contributed by atoms with van der Waals surface area (Å²) in [4.78, 5) is 9.67. The number of anilines is 1. The molecule has 0 aliphatic rings. The summed E-state index contributed by atoms with van der Waals surface area (Å²) in [5.41, 5.74) is 7.07. The van der Waals surface area contributed by atoms with E-state index in [2.05, 4.69) is 32.6 Å². The molecule has 1 aromatic carbocycles. The maximum absolute atomic E-state index is 9.52. The molecule has 0 aliphatic carbocycles. The van der Waals surface area contributed by atoms with Crippen LogP contribution in [0.5, 0.6) is 5.75 Å². The fourth-order valence-electron chi connectivity index (χ4n) is 1.29. The molecule has 0 spiro atoms. The predicted molar refractivity (Wildman–Crippen MR) is 78.2 cm³/mol. The molecule has 5 nitrogen and oxygen atoms in total. The van der Waals surface area contributed by atoms with Crippen molar-refractivity contribution in [2.45, 2.75) is 0 Å². The Morgan fingerprint density at radius 3 is 2.33 bits per heavy atom. The maximum Gasteiger partial charge on any atom is 0.219 e. The molecule has 0 fully saturated rings. The minimum absolute atomic E-state index is 0.0585. The number of aromatic hydroxyl groups is 1. The van der Waals surface area contributed by atoms with E-state index >= 15 is 0 Å². The minimum atomic E-state index is -0.0585. The van der Waals surface area contributed by atoms with Gasteiger partial charge in [0.15, 0.2) is 0 Å². The molecular weight excluding hydrogens is 343 g/mol. The molecule has 0 saturated heterocycles. The molecular formula is C12H11IN4O. The lowest BCUT2D eigenvalue weighted by Crippen LogP contribution is -1.93. The van der Waals surface area contributed by atoms with Gasteiger partial charge in [-0.2, -0.15) is 5.26 Å². The van der Waals surface area contributed by atoms with Crippen molar-refractivity contribution in [2.75, 3.05) is 10.7 Å². The van der Waals surface area contributed by atoms with E-state index in [4.69, 9.17) is 11.0 Å². The van der Waals surface area contributed by atoms with Crippen LogP contribution in [0.2, 0.25) is 0 Å². The summed E-state index contributed by atoms with van der Waals surface area (Å²) >= 11 is 2.15. The van der Waals surface area contributed by atoms with Crippen molar-refractivity contribution >= 4 is 28.5 Å². The molecule has 3 N–H and O–H groups in total. The van der Waals surface area contributed by atoms with E-state index in [1.165, 1.54) is 6.07 Å². The second-order valence-electron chi connectivity index (χ2n) is 3.17. The van der Waals surface area contributed by atoms with Gasteiger partial charge in [-0.15, -0.1) is 0 Å². The van der Waals surface area contributed by atoms with Gasteiger partial charge in [0.2, 0.25) is 5.95 Å². The summed E-state index contributed by atoms with van der Waals surface area (Å²) in [6, 6.07) is 6.63. The summed E-state index contributed by atoms with van der Waals surface area (Å²) in [6.45, 7) is 0. The maximum atomic E-state index is 9.52. The largest absolute Gasteiger partial charge is 0.507 e. The van der Waals surface area contributed by atoms with Gasteiger partial charge in [0.1, 0.15) is 11.8 Å². The first-order valence-corrected chi connectivity index (χ1v) is 7.05. The summed E-state index contributed by atoms with van der Waals surface area (Å²) in [5.74, 6) is 0.137. The van der Waals surface area contributed by atoms with Gasteiger partial charge >= 0.3 is 0 Å². The number of phenols is 1. The molecule has 1 heterocycles. The summed E-state index contributed by atoms with van der Waals surface area (Å²) in [5, 5.41) is 18.2. The SMILES string of the molecule is CI.N#Cc1ccc(-c2cnc(N)nc2)cc1O. The fraction of sp³-hybridized carbons (Fsp3) is 0.0833. The van der Waals surface area contributed by atoms with Crippen molar-refractivity contribution < 1.29 is 5.11 Å². The van der Waals surface area contributed by atoms with Gasteiger partial charge in [0.25, 0.3) is 0 Å². The van der Waals surface area contributed by atoms with E-state index in [9.17, 15) is 5.11 Å². The second kappa shape index (κ2) is 6.76. The third-order valence-electron chi connectivity index (χ3n) is 2.12. The molecule has 0 amide bonds. The van der Waals surface area contributed by atoms with Crippen LogP contribution >= 0.6 is 22.6 Å². The number of alkyl halides is 1. The highest BCUT2D eigenvalue weighted by Gasteiger charge is 2.04. The van der Waals surface area contributed by atoms with Crippen LogP contribution < -0.4 is 5.73 Å². The van der Waals surface area contributed by atoms with Crippen molar-refractivity contribution in [1.82, 2.24) is 9.97 Å². The summed E-state index contributed by atoms with van der Waals surface area (Å²) < 4.78 is 0. The summed E-state index contributed by atoms with van der Waals surface area (Å²) in [7, 11) is 0. The molecule has 92 valence electrons. The molecule has 1 aromatic heterocycles. The average molecular weight is 354 g/mol. The number of nitrogens with zero attached hydrogens (tertiary/aromatic N) is 3. The van der Waals surface area contributed by atoms with Crippen molar-refractivity contribution in [3.8, 4) is 22.9 Å². The van der Waals surface area contributed by atoms with E-state index < -0.39 is 0 Å². The van der Waals surface area contributed by atoms with Crippen LogP contribution in [0.25, 0.3) is 11.1 Å². The minimum Gasteiger partial charge on any atom is -0.507 e. The van der Waals surface area contributed by atoms with Gasteiger partial charge in [-0.25, -0.2) is 9.97 Å². The average Bonchev–Trinajstić information content (AvgIpc) is 2.42. The van der Waals surface area contributed by atoms with Gasteiger partial charge in [-0.3, -0.25) is 0 Å². The number of aromatic nitrogens is 2. The van der Waals surface area contributed by atoms with Crippen LogP contribution in [0.3, 0.4) is 0 Å². The lowest BCUT2D eigenvalue weighted by atomic mass is 10.1. The highest BCUT2D eigenvalue weighted by molar-refractivity contribution is 14.1. The second-order valence-corrected chi connectivity index (χ2v) is 3.17. The monoisotopic (exact) mass is 354 g/mol. The number of hydrogen-bond acceptors (Lipinski definition) is 5. The Morgan fingerprint density at radius 1 is 1.22 bits per heavy atom. The van der Waals surface area contributed by atoms with Gasteiger partial charge < -0.3 is 10.8 Å². The first-order chi connectivity index (χ1) is 8.70. The van der Waals surface area contributed by atoms with Crippen molar-refractivity contribution in [3.63, 3.8) is 0 Å². The van der Waals surface area contributed by atoms with Crippen molar-refractivity contribution in [3.05, 3.63) is 36.2 Å². The number of halogens is 1. The molecule has 0 aliphatic heterocycles. The van der Waals surface area contributed by atoms with E-state index in [0.29, 0.717) is 0 Å². The number of nitriles is 1. The number of rotatable bonds is 1.